The van der Waals surface area contributed by atoms with Gasteiger partial charge in [-0.15, -0.1) is 0 Å². The van der Waals surface area contributed by atoms with Gasteiger partial charge < -0.3 is 40.0 Å². The quantitative estimate of drug-likeness (QED) is 0.258. The molecule has 4 N–H and O–H groups in total. The van der Waals surface area contributed by atoms with Crippen LogP contribution in [0.4, 0.5) is 24.8 Å². The molecule has 210 valence electrons. The van der Waals surface area contributed by atoms with Crippen molar-refractivity contribution in [3.63, 3.8) is 0 Å². The monoisotopic (exact) mass is 577 g/mol. The van der Waals surface area contributed by atoms with Gasteiger partial charge in [0.05, 0.1) is 30.6 Å². The Morgan fingerprint density at radius 1 is 1.38 bits per heavy atom. The number of halogens is 4. The van der Waals surface area contributed by atoms with Gasteiger partial charge in [-0.05, 0) is 12.5 Å². The molecule has 0 amide bonds. The van der Waals surface area contributed by atoms with Crippen LogP contribution in [0.25, 0.3) is 11.2 Å². The maximum absolute atomic E-state index is 13.3. The number of aromatic nitrogens is 4. The largest absolute Gasteiger partial charge is 0.450 e. The summed E-state index contributed by atoms with van der Waals surface area (Å²) < 4.78 is 53.5. The first kappa shape index (κ1) is 27.2. The molecule has 40 heavy (non-hydrogen) atoms. The van der Waals surface area contributed by atoms with Crippen LogP contribution in [0, 0.1) is 5.41 Å². The minimum atomic E-state index is -4.65. The second-order valence-electron chi connectivity index (χ2n) is 8.91. The average Bonchev–Trinajstić information content (AvgIpc) is 3.54. The van der Waals surface area contributed by atoms with E-state index in [1.54, 1.807) is 19.4 Å². The lowest BCUT2D eigenvalue weighted by Gasteiger charge is -2.21. The number of nitrogens with zero attached hydrogens (tertiary/aromatic N) is 5. The standard InChI is InChI=1S/C24H23ClF3N9O3/c1-36-10-12(24(26,27)28)7-14(22(36)38)34-23-35-21-19(37(23)2)17(25)16(9-32-21)40-15(8-29)18-20(31-5-4-30-18)33-13-3-6-39-11-13/h4-5,7-10,13,29-30H,3,6,11H2,1-2H3,(H,31,33)(H,32,34,35)/b18-15+,29-8?/t13-/m0/s1. The molecule has 5 heterocycles. The Labute approximate surface area is 229 Å². The number of pyridine rings is 2. The molecule has 5 rings (SSSR count). The first-order chi connectivity index (χ1) is 19.1. The van der Waals surface area contributed by atoms with Crippen LogP contribution in [0.5, 0.6) is 5.75 Å². The summed E-state index contributed by atoms with van der Waals surface area (Å²) in [6.07, 6.45) is 2.30. The number of aryl methyl sites for hydroxylation is 2. The van der Waals surface area contributed by atoms with E-state index in [9.17, 15) is 18.0 Å². The Bertz CT molecular complexity index is 1640. The second kappa shape index (κ2) is 10.7. The molecule has 0 bridgehead atoms. The van der Waals surface area contributed by atoms with Crippen molar-refractivity contribution >= 4 is 46.5 Å². The number of rotatable bonds is 6. The predicted octanol–water partition coefficient (Wildman–Crippen LogP) is 3.17. The van der Waals surface area contributed by atoms with E-state index in [2.05, 4.69) is 30.9 Å². The number of hydrogen-bond acceptors (Lipinski definition) is 10. The lowest BCUT2D eigenvalue weighted by molar-refractivity contribution is -0.138. The number of aliphatic imine (C=N–C) groups is 1. The van der Waals surface area contributed by atoms with Gasteiger partial charge in [-0.2, -0.15) is 18.2 Å². The molecule has 0 radical (unpaired) electrons. The Morgan fingerprint density at radius 2 is 2.17 bits per heavy atom. The van der Waals surface area contributed by atoms with Crippen LogP contribution in [0.3, 0.4) is 0 Å². The van der Waals surface area contributed by atoms with Crippen LogP contribution in [-0.4, -0.2) is 50.4 Å². The minimum absolute atomic E-state index is 0.0279. The Hall–Kier alpha value is -4.37. The first-order valence-corrected chi connectivity index (χ1v) is 12.3. The lowest BCUT2D eigenvalue weighted by atomic mass is 10.2. The zero-order valence-corrected chi connectivity index (χ0v) is 21.9. The fourth-order valence-corrected chi connectivity index (χ4v) is 4.45. The van der Waals surface area contributed by atoms with Gasteiger partial charge in [0.1, 0.15) is 21.9 Å². The molecule has 0 aromatic carbocycles. The average molecular weight is 578 g/mol. The van der Waals surface area contributed by atoms with Crippen LogP contribution in [0.2, 0.25) is 5.02 Å². The topological polar surface area (TPSA) is 143 Å². The molecule has 0 spiro atoms. The molecular weight excluding hydrogens is 555 g/mol. The SMILES string of the molecule is Cn1cc(C(F)(F)F)cc(Nc2nc3ncc(O/C(C=N)=C4/NC=CN=C4N[C@H]4CCOC4)c(Cl)c3n2C)c1=O. The number of allylic oxidation sites excluding steroid dienone is 1. The zero-order chi connectivity index (χ0) is 28.6. The van der Waals surface area contributed by atoms with Gasteiger partial charge >= 0.3 is 6.18 Å². The first-order valence-electron chi connectivity index (χ1n) is 11.9. The maximum atomic E-state index is 13.3. The molecule has 0 unspecified atom stereocenters. The smallest absolute Gasteiger partial charge is 0.417 e. The van der Waals surface area contributed by atoms with Crippen molar-refractivity contribution in [2.24, 2.45) is 19.1 Å². The van der Waals surface area contributed by atoms with Crippen molar-refractivity contribution in [3.8, 4) is 5.75 Å². The van der Waals surface area contributed by atoms with Crippen LogP contribution in [0.15, 0.2) is 52.1 Å². The predicted molar refractivity (Wildman–Crippen MR) is 142 cm³/mol. The van der Waals surface area contributed by atoms with Crippen molar-refractivity contribution < 1.29 is 22.6 Å². The highest BCUT2D eigenvalue weighted by atomic mass is 35.5. The molecule has 3 aromatic heterocycles. The van der Waals surface area contributed by atoms with E-state index in [1.807, 2.05) is 0 Å². The fraction of sp³-hybridized carbons (Fsp3) is 0.292. The van der Waals surface area contributed by atoms with E-state index in [1.165, 1.54) is 17.8 Å². The van der Waals surface area contributed by atoms with E-state index >= 15 is 0 Å². The number of alkyl halides is 3. The molecule has 16 heteroatoms. The van der Waals surface area contributed by atoms with Crippen molar-refractivity contribution in [2.75, 3.05) is 18.5 Å². The third-order valence-corrected chi connectivity index (χ3v) is 6.54. The third kappa shape index (κ3) is 5.24. The molecule has 12 nitrogen and oxygen atoms in total. The van der Waals surface area contributed by atoms with Gasteiger partial charge in [0, 0.05) is 39.3 Å². The highest BCUT2D eigenvalue weighted by Gasteiger charge is 2.32. The zero-order valence-electron chi connectivity index (χ0n) is 21.1. The lowest BCUT2D eigenvalue weighted by Crippen LogP contribution is -2.40. The second-order valence-corrected chi connectivity index (χ2v) is 9.29. The Morgan fingerprint density at radius 3 is 2.88 bits per heavy atom. The number of anilines is 2. The summed E-state index contributed by atoms with van der Waals surface area (Å²) in [5.74, 6) is 0.659. The van der Waals surface area contributed by atoms with Crippen molar-refractivity contribution in [3.05, 3.63) is 63.3 Å². The summed E-state index contributed by atoms with van der Waals surface area (Å²) in [6, 6.07) is 0.759. The van der Waals surface area contributed by atoms with Crippen molar-refractivity contribution in [2.45, 2.75) is 18.6 Å². The van der Waals surface area contributed by atoms with Crippen molar-refractivity contribution in [1.82, 2.24) is 29.7 Å². The van der Waals surface area contributed by atoms with Gasteiger partial charge in [0.25, 0.3) is 5.56 Å². The summed E-state index contributed by atoms with van der Waals surface area (Å²) >= 11 is 6.66. The summed E-state index contributed by atoms with van der Waals surface area (Å²) in [5, 5.41) is 17.0. The summed E-state index contributed by atoms with van der Waals surface area (Å²) in [4.78, 5) is 25.4. The minimum Gasteiger partial charge on any atom is -0.450 e. The summed E-state index contributed by atoms with van der Waals surface area (Å²) in [7, 11) is 2.77. The summed E-state index contributed by atoms with van der Waals surface area (Å²) in [6.45, 7) is 1.15. The molecule has 0 aliphatic carbocycles. The van der Waals surface area contributed by atoms with Crippen LogP contribution in [-0.2, 0) is 25.0 Å². The highest BCUT2D eigenvalue weighted by Crippen LogP contribution is 2.35. The van der Waals surface area contributed by atoms with Crippen LogP contribution < -0.4 is 26.2 Å². The van der Waals surface area contributed by atoms with Gasteiger partial charge in [0.15, 0.2) is 23.0 Å². The normalized spacial score (nSPS) is 18.4. The van der Waals surface area contributed by atoms with E-state index < -0.39 is 17.3 Å². The number of nitrogens with one attached hydrogen (secondary N) is 4. The van der Waals surface area contributed by atoms with Crippen LogP contribution in [0.1, 0.15) is 12.0 Å². The molecule has 1 fully saturated rings. The molecule has 2 aliphatic rings. The molecular formula is C24H23ClF3N9O3. The van der Waals surface area contributed by atoms with E-state index in [4.69, 9.17) is 26.5 Å². The maximum Gasteiger partial charge on any atom is 0.417 e. The number of imidazole rings is 1. The van der Waals surface area contributed by atoms with Gasteiger partial charge in [0.2, 0.25) is 5.95 Å². The number of fused-ring (bicyclic) bond motifs is 1. The van der Waals surface area contributed by atoms with E-state index in [0.717, 1.165) is 17.2 Å². The molecule has 1 atom stereocenters. The fourth-order valence-electron chi connectivity index (χ4n) is 4.15. The number of ether oxygens (including phenoxy) is 2. The Kier molecular flexibility index (Phi) is 7.25. The molecule has 3 aromatic rings. The third-order valence-electron chi connectivity index (χ3n) is 6.17. The van der Waals surface area contributed by atoms with Crippen molar-refractivity contribution in [1.29, 1.82) is 5.41 Å². The molecule has 2 aliphatic heterocycles. The molecule has 0 saturated carbocycles. The van der Waals surface area contributed by atoms with E-state index in [0.29, 0.717) is 37.0 Å². The number of amidine groups is 1. The van der Waals surface area contributed by atoms with Gasteiger partial charge in [-0.25, -0.2) is 9.98 Å². The Balaban J connectivity index is 1.48. The number of hydrogen-bond donors (Lipinski definition) is 4. The van der Waals surface area contributed by atoms with Crippen LogP contribution >= 0.6 is 11.6 Å². The highest BCUT2D eigenvalue weighted by molar-refractivity contribution is 6.36. The molecule has 1 saturated heterocycles. The van der Waals surface area contributed by atoms with Gasteiger partial charge in [-0.3, -0.25) is 4.79 Å². The summed E-state index contributed by atoms with van der Waals surface area (Å²) in [5.41, 5.74) is -1.19. The van der Waals surface area contributed by atoms with Gasteiger partial charge in [-0.1, -0.05) is 11.6 Å². The van der Waals surface area contributed by atoms with E-state index in [-0.39, 0.29) is 45.4 Å².